The van der Waals surface area contributed by atoms with Gasteiger partial charge in [-0.05, 0) is 80.5 Å². The Morgan fingerprint density at radius 3 is 1.81 bits per heavy atom. The highest BCUT2D eigenvalue weighted by Gasteiger charge is 2.24. The van der Waals surface area contributed by atoms with E-state index >= 15 is 0 Å². The first-order chi connectivity index (χ1) is 19.5. The fourth-order valence-corrected chi connectivity index (χ4v) is 6.50. The number of rotatable bonds is 4. The molecule has 0 radical (unpaired) electrons. The predicted molar refractivity (Wildman–Crippen MR) is 188 cm³/mol. The first-order valence-electron chi connectivity index (χ1n) is 14.6. The standard InChI is InChI=1S/C38H41Cl2NS/c1-36(2,3)26-16-17-34-30(22-26)33(23-42-34)41(32-15-11-14-31(39)35(32)40)29-13-10-12-24(20-29)25-18-27(37(4,5)6)21-28(19-25)38(7,8)9/h10-23H,1-9H3. The van der Waals surface area contributed by atoms with Gasteiger partial charge in [-0.1, -0.05) is 128 Å². The number of nitrogens with zero attached hydrogens (tertiary/aromatic N) is 1. The molecule has 1 heterocycles. The first kappa shape index (κ1) is 30.7. The molecule has 4 aromatic carbocycles. The lowest BCUT2D eigenvalue weighted by Crippen LogP contribution is -2.16. The Balaban J connectivity index is 1.75. The molecule has 1 aromatic heterocycles. The molecule has 0 N–H and O–H groups in total. The van der Waals surface area contributed by atoms with Crippen molar-refractivity contribution in [3.05, 3.63) is 111 Å². The Morgan fingerprint density at radius 2 is 1.19 bits per heavy atom. The number of hydrogen-bond donors (Lipinski definition) is 0. The lowest BCUT2D eigenvalue weighted by molar-refractivity contribution is 0.569. The molecule has 0 unspecified atom stereocenters. The predicted octanol–water partition coefficient (Wildman–Crippen LogP) is 13.2. The smallest absolute Gasteiger partial charge is 0.0832 e. The molecule has 0 aliphatic heterocycles. The van der Waals surface area contributed by atoms with Crippen LogP contribution in [0.15, 0.2) is 84.2 Å². The molecule has 0 aliphatic rings. The van der Waals surface area contributed by atoms with Gasteiger partial charge < -0.3 is 4.90 Å². The molecule has 0 spiro atoms. The van der Waals surface area contributed by atoms with Crippen molar-refractivity contribution in [2.24, 2.45) is 0 Å². The van der Waals surface area contributed by atoms with Gasteiger partial charge in [-0.2, -0.15) is 0 Å². The molecule has 0 saturated carbocycles. The van der Waals surface area contributed by atoms with E-state index in [9.17, 15) is 0 Å². The number of fused-ring (bicyclic) bond motifs is 1. The lowest BCUT2D eigenvalue weighted by atomic mass is 9.79. The number of thiophene rings is 1. The summed E-state index contributed by atoms with van der Waals surface area (Å²) in [6, 6.07) is 28.5. The second-order valence-corrected chi connectivity index (χ2v) is 16.0. The zero-order chi connectivity index (χ0) is 30.6. The van der Waals surface area contributed by atoms with Gasteiger partial charge in [0.05, 0.1) is 21.4 Å². The summed E-state index contributed by atoms with van der Waals surface area (Å²) in [6.07, 6.45) is 0. The molecule has 5 rings (SSSR count). The van der Waals surface area contributed by atoms with E-state index in [-0.39, 0.29) is 16.2 Å². The third-order valence-electron chi connectivity index (χ3n) is 7.93. The molecule has 0 fully saturated rings. The van der Waals surface area contributed by atoms with E-state index in [4.69, 9.17) is 23.2 Å². The zero-order valence-electron chi connectivity index (χ0n) is 26.2. The third kappa shape index (κ3) is 6.13. The average Bonchev–Trinajstić information content (AvgIpc) is 3.33. The van der Waals surface area contributed by atoms with E-state index in [1.165, 1.54) is 37.9 Å². The summed E-state index contributed by atoms with van der Waals surface area (Å²) in [5, 5.41) is 4.52. The van der Waals surface area contributed by atoms with Crippen molar-refractivity contribution >= 4 is 61.7 Å². The van der Waals surface area contributed by atoms with Crippen molar-refractivity contribution in [2.75, 3.05) is 4.90 Å². The monoisotopic (exact) mass is 613 g/mol. The van der Waals surface area contributed by atoms with Crippen molar-refractivity contribution in [3.8, 4) is 11.1 Å². The van der Waals surface area contributed by atoms with Crippen LogP contribution in [0.1, 0.15) is 79.0 Å². The molecule has 0 bridgehead atoms. The second kappa shape index (κ2) is 11.1. The zero-order valence-corrected chi connectivity index (χ0v) is 28.5. The van der Waals surface area contributed by atoms with Crippen LogP contribution in [0.4, 0.5) is 17.1 Å². The van der Waals surface area contributed by atoms with Crippen LogP contribution in [-0.2, 0) is 16.2 Å². The summed E-state index contributed by atoms with van der Waals surface area (Å²) >= 11 is 15.3. The third-order valence-corrected chi connectivity index (χ3v) is 9.69. The Labute approximate surface area is 266 Å². The van der Waals surface area contributed by atoms with E-state index < -0.39 is 0 Å². The molecule has 218 valence electrons. The van der Waals surface area contributed by atoms with Crippen LogP contribution < -0.4 is 4.90 Å². The van der Waals surface area contributed by atoms with Gasteiger partial charge in [0.25, 0.3) is 0 Å². The van der Waals surface area contributed by atoms with Gasteiger partial charge in [0.2, 0.25) is 0 Å². The molecule has 4 heteroatoms. The Morgan fingerprint density at radius 1 is 0.571 bits per heavy atom. The number of halogens is 2. The van der Waals surface area contributed by atoms with Crippen LogP contribution in [-0.4, -0.2) is 0 Å². The van der Waals surface area contributed by atoms with E-state index in [0.29, 0.717) is 10.0 Å². The molecule has 1 nitrogen and oxygen atoms in total. The molecular weight excluding hydrogens is 573 g/mol. The van der Waals surface area contributed by atoms with Crippen molar-refractivity contribution in [3.63, 3.8) is 0 Å². The van der Waals surface area contributed by atoms with Crippen LogP contribution in [0.25, 0.3) is 21.2 Å². The molecule has 5 aromatic rings. The van der Waals surface area contributed by atoms with Crippen molar-refractivity contribution < 1.29 is 0 Å². The fraction of sp³-hybridized carbons (Fsp3) is 0.316. The summed E-state index contributed by atoms with van der Waals surface area (Å²) < 4.78 is 1.24. The largest absolute Gasteiger partial charge is 0.307 e. The van der Waals surface area contributed by atoms with Gasteiger partial charge in [-0.25, -0.2) is 0 Å². The van der Waals surface area contributed by atoms with E-state index in [2.05, 4.69) is 139 Å². The van der Waals surface area contributed by atoms with Crippen molar-refractivity contribution in [1.82, 2.24) is 0 Å². The average molecular weight is 615 g/mol. The summed E-state index contributed by atoms with van der Waals surface area (Å²) in [5.74, 6) is 0. The topological polar surface area (TPSA) is 3.24 Å². The fourth-order valence-electron chi connectivity index (χ4n) is 5.21. The summed E-state index contributed by atoms with van der Waals surface area (Å²) in [5.41, 5.74) is 9.47. The maximum atomic E-state index is 6.94. The van der Waals surface area contributed by atoms with E-state index in [1.807, 2.05) is 12.1 Å². The minimum Gasteiger partial charge on any atom is -0.307 e. The van der Waals surface area contributed by atoms with Gasteiger partial charge >= 0.3 is 0 Å². The molecule has 0 aliphatic carbocycles. The van der Waals surface area contributed by atoms with Crippen LogP contribution in [0, 0.1) is 0 Å². The highest BCUT2D eigenvalue weighted by molar-refractivity contribution is 7.17. The van der Waals surface area contributed by atoms with Crippen LogP contribution in [0.2, 0.25) is 10.0 Å². The first-order valence-corrected chi connectivity index (χ1v) is 16.2. The number of anilines is 3. The highest BCUT2D eigenvalue weighted by atomic mass is 35.5. The van der Waals surface area contributed by atoms with Gasteiger partial charge in [-0.3, -0.25) is 0 Å². The highest BCUT2D eigenvalue weighted by Crippen LogP contribution is 2.47. The van der Waals surface area contributed by atoms with Gasteiger partial charge in [-0.15, -0.1) is 11.3 Å². The Hall–Kier alpha value is -2.78. The van der Waals surface area contributed by atoms with Crippen LogP contribution in [0.3, 0.4) is 0 Å². The number of hydrogen-bond acceptors (Lipinski definition) is 2. The number of benzene rings is 4. The van der Waals surface area contributed by atoms with Gasteiger partial charge in [0, 0.05) is 21.2 Å². The molecule has 0 atom stereocenters. The van der Waals surface area contributed by atoms with Gasteiger partial charge in [0.1, 0.15) is 0 Å². The minimum absolute atomic E-state index is 0.0360. The van der Waals surface area contributed by atoms with E-state index in [1.54, 1.807) is 11.3 Å². The second-order valence-electron chi connectivity index (χ2n) is 14.3. The summed E-state index contributed by atoms with van der Waals surface area (Å²) in [7, 11) is 0. The van der Waals surface area contributed by atoms with Gasteiger partial charge in [0.15, 0.2) is 0 Å². The molecule has 0 saturated heterocycles. The summed E-state index contributed by atoms with van der Waals surface area (Å²) in [6.45, 7) is 20.5. The molecule has 0 amide bonds. The minimum atomic E-state index is 0.0360. The maximum Gasteiger partial charge on any atom is 0.0832 e. The van der Waals surface area contributed by atoms with Crippen LogP contribution >= 0.6 is 34.5 Å². The van der Waals surface area contributed by atoms with Crippen molar-refractivity contribution in [1.29, 1.82) is 0 Å². The van der Waals surface area contributed by atoms with E-state index in [0.717, 1.165) is 17.1 Å². The quantitative estimate of drug-likeness (QED) is 0.195. The summed E-state index contributed by atoms with van der Waals surface area (Å²) in [4.78, 5) is 2.27. The Bertz CT molecular complexity index is 1730. The lowest BCUT2D eigenvalue weighted by Gasteiger charge is -2.28. The van der Waals surface area contributed by atoms with Crippen molar-refractivity contribution in [2.45, 2.75) is 78.6 Å². The molecular formula is C38H41Cl2NS. The normalized spacial score (nSPS) is 12.6. The SMILES string of the molecule is CC(C)(C)c1cc(-c2cccc(N(c3cccc(Cl)c3Cl)c3csc4ccc(C(C)(C)C)cc34)c2)cc(C(C)(C)C)c1. The molecule has 42 heavy (non-hydrogen) atoms. The maximum absolute atomic E-state index is 6.94. The van der Waals surface area contributed by atoms with Crippen LogP contribution in [0.5, 0.6) is 0 Å². The Kier molecular flexibility index (Phi) is 8.07.